The van der Waals surface area contributed by atoms with Crippen molar-refractivity contribution in [3.63, 3.8) is 0 Å². The summed E-state index contributed by atoms with van der Waals surface area (Å²) in [4.78, 5) is 0. The molecular formula is C10H23CuLi. The van der Waals surface area contributed by atoms with Crippen molar-refractivity contribution in [1.29, 1.82) is 0 Å². The summed E-state index contributed by atoms with van der Waals surface area (Å²) in [5, 5.41) is 2.68. The molecule has 0 unspecified atom stereocenters. The normalized spacial score (nSPS) is 10.8. The Bertz CT molecular complexity index is 71.9. The van der Waals surface area contributed by atoms with Crippen LogP contribution in [0, 0.1) is 11.8 Å². The molecule has 2 heteroatoms. The number of hydrogen-bond donors (Lipinski definition) is 0. The predicted octanol–water partition coefficient (Wildman–Crippen LogP) is 3.35. The molecule has 0 fully saturated rings. The summed E-state index contributed by atoms with van der Waals surface area (Å²) in [6.45, 7) is 9.17. The van der Waals surface area contributed by atoms with Crippen LogP contribution in [0.15, 0.2) is 0 Å². The van der Waals surface area contributed by atoms with Gasteiger partial charge in [0.15, 0.2) is 0 Å². The fraction of sp³-hybridized carbons (Fsp3) is 1.00. The third-order valence-electron chi connectivity index (χ3n) is 1.54. The molecule has 0 aliphatic heterocycles. The first kappa shape index (κ1) is 15.6. The van der Waals surface area contributed by atoms with Gasteiger partial charge in [-0.15, -0.1) is 0 Å². The number of hydrogen-bond acceptors (Lipinski definition) is 0. The minimum atomic E-state index is 0. The van der Waals surface area contributed by atoms with Crippen molar-refractivity contribution in [3.05, 3.63) is 0 Å². The van der Waals surface area contributed by atoms with E-state index in [4.69, 9.17) is 0 Å². The van der Waals surface area contributed by atoms with Crippen molar-refractivity contribution in [3.8, 4) is 0 Å². The van der Waals surface area contributed by atoms with E-state index >= 15 is 0 Å². The molecule has 0 atom stereocenters. The van der Waals surface area contributed by atoms with Gasteiger partial charge in [0.05, 0.1) is 0 Å². The van der Waals surface area contributed by atoms with E-state index in [1.54, 1.807) is 0 Å². The zero-order valence-corrected chi connectivity index (χ0v) is 9.23. The molecule has 0 aromatic heterocycles. The third-order valence-corrected chi connectivity index (χ3v) is 2.75. The van der Waals surface area contributed by atoms with Gasteiger partial charge in [0, 0.05) is 0 Å². The predicted molar refractivity (Wildman–Crippen MR) is 55.7 cm³/mol. The van der Waals surface area contributed by atoms with E-state index in [1.165, 1.54) is 23.5 Å². The third kappa shape index (κ3) is 13.7. The Morgan fingerprint density at radius 2 is 1.17 bits per heavy atom. The SMILES string of the molecule is CC(C)C[CH2][Cu][CH2]CC(C)C.[LiH]. The van der Waals surface area contributed by atoms with Crippen molar-refractivity contribution in [2.24, 2.45) is 11.8 Å². The van der Waals surface area contributed by atoms with Crippen LogP contribution in [0.3, 0.4) is 0 Å². The number of rotatable bonds is 6. The van der Waals surface area contributed by atoms with Crippen molar-refractivity contribution in [1.82, 2.24) is 0 Å². The Balaban J connectivity index is 0. The Kier molecular flexibility index (Phi) is 13.2. The second-order valence-corrected chi connectivity index (χ2v) is 5.23. The Morgan fingerprint density at radius 1 is 0.833 bits per heavy atom. The van der Waals surface area contributed by atoms with Crippen molar-refractivity contribution in [2.75, 3.05) is 0 Å². The Hall–Kier alpha value is 1.12. The van der Waals surface area contributed by atoms with Crippen LogP contribution in [-0.2, 0) is 15.0 Å². The van der Waals surface area contributed by atoms with Crippen LogP contribution in [0.2, 0.25) is 10.6 Å². The summed E-state index contributed by atoms with van der Waals surface area (Å²) in [5.41, 5.74) is 0. The molecule has 0 aromatic rings. The molecule has 12 heavy (non-hydrogen) atoms. The van der Waals surface area contributed by atoms with Gasteiger partial charge in [0.2, 0.25) is 0 Å². The molecule has 0 bridgehead atoms. The summed E-state index contributed by atoms with van der Waals surface area (Å²) in [5.74, 6) is 1.75. The second kappa shape index (κ2) is 10.2. The molecule has 0 radical (unpaired) electrons. The van der Waals surface area contributed by atoms with Crippen LogP contribution in [0.25, 0.3) is 0 Å². The van der Waals surface area contributed by atoms with Crippen LogP contribution < -0.4 is 0 Å². The van der Waals surface area contributed by atoms with Crippen molar-refractivity contribution >= 4 is 18.9 Å². The summed E-state index contributed by atoms with van der Waals surface area (Å²) >= 11 is 2.19. The zero-order valence-electron chi connectivity index (χ0n) is 8.28. The standard InChI is InChI=1S/2C5H11.Cu.Li.H/c2*1-4-5(2)3;;;/h2*5H,1,4H2,2-3H3;;;. The molecule has 0 nitrogen and oxygen atoms in total. The molecule has 0 rings (SSSR count). The summed E-state index contributed by atoms with van der Waals surface area (Å²) in [7, 11) is 0. The molecule has 0 saturated heterocycles. The Morgan fingerprint density at radius 3 is 1.42 bits per heavy atom. The van der Waals surface area contributed by atoms with Gasteiger partial charge in [-0.2, -0.15) is 0 Å². The van der Waals surface area contributed by atoms with Gasteiger partial charge in [0.25, 0.3) is 0 Å². The first-order valence-corrected chi connectivity index (χ1v) is 5.88. The zero-order chi connectivity index (χ0) is 8.69. The fourth-order valence-corrected chi connectivity index (χ4v) is 2.25. The summed E-state index contributed by atoms with van der Waals surface area (Å²) < 4.78 is 0. The van der Waals surface area contributed by atoms with Gasteiger partial charge in [-0.25, -0.2) is 0 Å². The molecule has 0 spiro atoms. The van der Waals surface area contributed by atoms with Gasteiger partial charge < -0.3 is 0 Å². The average Bonchev–Trinajstić information content (AvgIpc) is 1.85. The van der Waals surface area contributed by atoms with Crippen molar-refractivity contribution < 1.29 is 15.0 Å². The van der Waals surface area contributed by atoms with Crippen LogP contribution in [0.4, 0.5) is 0 Å². The second-order valence-electron chi connectivity index (χ2n) is 3.82. The van der Waals surface area contributed by atoms with Gasteiger partial charge in [-0.05, 0) is 0 Å². The van der Waals surface area contributed by atoms with Gasteiger partial charge in [0.1, 0.15) is 0 Å². The molecule has 0 aliphatic carbocycles. The van der Waals surface area contributed by atoms with Crippen LogP contribution in [0.5, 0.6) is 0 Å². The molecule has 75 valence electrons. The Labute approximate surface area is 96.6 Å². The monoisotopic (exact) mass is 213 g/mol. The minimum absolute atomic E-state index is 0. The van der Waals surface area contributed by atoms with Gasteiger partial charge >= 0.3 is 96.8 Å². The summed E-state index contributed by atoms with van der Waals surface area (Å²) in [6, 6.07) is 0. The van der Waals surface area contributed by atoms with Crippen LogP contribution in [-0.4, -0.2) is 18.9 Å². The van der Waals surface area contributed by atoms with E-state index in [2.05, 4.69) is 42.7 Å². The molecule has 0 aliphatic rings. The van der Waals surface area contributed by atoms with E-state index in [0.717, 1.165) is 11.8 Å². The summed E-state index contributed by atoms with van der Waals surface area (Å²) in [6.07, 6.45) is 2.75. The van der Waals surface area contributed by atoms with E-state index in [9.17, 15) is 0 Å². The molecule has 0 heterocycles. The van der Waals surface area contributed by atoms with E-state index < -0.39 is 0 Å². The van der Waals surface area contributed by atoms with Gasteiger partial charge in [-0.3, -0.25) is 0 Å². The maximum atomic E-state index is 2.29. The van der Waals surface area contributed by atoms with E-state index in [1.807, 2.05) is 0 Å². The van der Waals surface area contributed by atoms with Crippen LogP contribution >= 0.6 is 0 Å². The maximum absolute atomic E-state index is 2.29. The molecular weight excluding hydrogens is 191 g/mol. The molecule has 0 amide bonds. The van der Waals surface area contributed by atoms with Crippen molar-refractivity contribution in [2.45, 2.75) is 51.2 Å². The first-order chi connectivity index (χ1) is 5.13. The average molecular weight is 214 g/mol. The van der Waals surface area contributed by atoms with E-state index in [0.29, 0.717) is 0 Å². The topological polar surface area (TPSA) is 0 Å². The molecule has 0 aromatic carbocycles. The van der Waals surface area contributed by atoms with Crippen LogP contribution in [0.1, 0.15) is 40.5 Å². The fourth-order valence-electron chi connectivity index (χ4n) is 0.547. The molecule has 0 N–H and O–H groups in total. The quantitative estimate of drug-likeness (QED) is 0.469. The molecule has 0 saturated carbocycles. The van der Waals surface area contributed by atoms with Gasteiger partial charge in [-0.1, -0.05) is 0 Å². The first-order valence-electron chi connectivity index (χ1n) is 4.55. The van der Waals surface area contributed by atoms with E-state index in [-0.39, 0.29) is 18.9 Å².